The number of ketones is 1. The molecule has 0 heterocycles. The van der Waals surface area contributed by atoms with Gasteiger partial charge in [-0.25, -0.2) is 0 Å². The van der Waals surface area contributed by atoms with E-state index in [2.05, 4.69) is 13.8 Å². The number of hydrogen-bond acceptors (Lipinski definition) is 2. The van der Waals surface area contributed by atoms with Gasteiger partial charge in [-0.3, -0.25) is 4.79 Å². The van der Waals surface area contributed by atoms with Crippen molar-refractivity contribution >= 4 is 5.78 Å². The van der Waals surface area contributed by atoms with Crippen molar-refractivity contribution in [2.45, 2.75) is 65.2 Å². The van der Waals surface area contributed by atoms with Crippen LogP contribution in [-0.2, 0) is 4.79 Å². The Morgan fingerprint density at radius 3 is 2.38 bits per heavy atom. The van der Waals surface area contributed by atoms with Gasteiger partial charge in [-0.15, -0.1) is 0 Å². The zero-order valence-electron chi connectivity index (χ0n) is 10.9. The van der Waals surface area contributed by atoms with Crippen LogP contribution in [0, 0.1) is 11.3 Å². The molecular formula is C14H27NO. The van der Waals surface area contributed by atoms with Gasteiger partial charge in [-0.05, 0) is 37.1 Å². The van der Waals surface area contributed by atoms with E-state index in [-0.39, 0.29) is 5.41 Å². The highest BCUT2D eigenvalue weighted by molar-refractivity contribution is 5.79. The third-order valence-corrected chi connectivity index (χ3v) is 3.92. The molecule has 0 bridgehead atoms. The molecule has 1 saturated carbocycles. The van der Waals surface area contributed by atoms with Crippen LogP contribution in [0.5, 0.6) is 0 Å². The van der Waals surface area contributed by atoms with Gasteiger partial charge in [0.15, 0.2) is 0 Å². The lowest BCUT2D eigenvalue weighted by atomic mass is 9.70. The number of rotatable bonds is 6. The number of carbonyl (C=O) groups is 1. The van der Waals surface area contributed by atoms with E-state index in [9.17, 15) is 4.79 Å². The average molecular weight is 225 g/mol. The van der Waals surface area contributed by atoms with Gasteiger partial charge in [0.05, 0.1) is 0 Å². The molecule has 0 amide bonds. The standard InChI is InChI=1S/C14H27NO/c1-12(2)6-7-13(16)10-14(11-15)8-4-3-5-9-14/h12H,3-11,15H2,1-2H3. The van der Waals surface area contributed by atoms with Crippen LogP contribution in [0.4, 0.5) is 0 Å². The first-order valence-corrected chi connectivity index (χ1v) is 6.80. The van der Waals surface area contributed by atoms with Crippen molar-refractivity contribution in [2.24, 2.45) is 17.1 Å². The van der Waals surface area contributed by atoms with Crippen LogP contribution >= 0.6 is 0 Å². The van der Waals surface area contributed by atoms with Crippen LogP contribution in [0.2, 0.25) is 0 Å². The van der Waals surface area contributed by atoms with E-state index in [1.807, 2.05) is 0 Å². The maximum absolute atomic E-state index is 11.9. The van der Waals surface area contributed by atoms with Crippen LogP contribution in [0.25, 0.3) is 0 Å². The first-order chi connectivity index (χ1) is 7.58. The Hall–Kier alpha value is -0.370. The fraction of sp³-hybridized carbons (Fsp3) is 0.929. The molecule has 94 valence electrons. The monoisotopic (exact) mass is 225 g/mol. The molecule has 0 aromatic rings. The lowest BCUT2D eigenvalue weighted by molar-refractivity contribution is -0.122. The summed E-state index contributed by atoms with van der Waals surface area (Å²) in [5, 5.41) is 0. The van der Waals surface area contributed by atoms with Crippen molar-refractivity contribution in [3.63, 3.8) is 0 Å². The van der Waals surface area contributed by atoms with Gasteiger partial charge in [-0.1, -0.05) is 33.1 Å². The quantitative estimate of drug-likeness (QED) is 0.753. The number of hydrogen-bond donors (Lipinski definition) is 1. The zero-order chi connectivity index (χ0) is 12.0. The Morgan fingerprint density at radius 1 is 1.25 bits per heavy atom. The summed E-state index contributed by atoms with van der Waals surface area (Å²) < 4.78 is 0. The Kier molecular flexibility index (Phi) is 5.47. The molecule has 2 N–H and O–H groups in total. The molecule has 2 heteroatoms. The molecule has 0 unspecified atom stereocenters. The predicted molar refractivity (Wildman–Crippen MR) is 68.3 cm³/mol. The van der Waals surface area contributed by atoms with E-state index >= 15 is 0 Å². The first kappa shape index (κ1) is 13.7. The predicted octanol–water partition coefficient (Wildman–Crippen LogP) is 3.29. The van der Waals surface area contributed by atoms with Crippen LogP contribution in [0.15, 0.2) is 0 Å². The lowest BCUT2D eigenvalue weighted by Gasteiger charge is -2.35. The minimum absolute atomic E-state index is 0.159. The molecule has 0 spiro atoms. The van der Waals surface area contributed by atoms with Crippen molar-refractivity contribution in [1.29, 1.82) is 0 Å². The summed E-state index contributed by atoms with van der Waals surface area (Å²) in [6.07, 6.45) is 8.67. The third kappa shape index (κ3) is 4.25. The summed E-state index contributed by atoms with van der Waals surface area (Å²) in [5.41, 5.74) is 6.05. The van der Waals surface area contributed by atoms with Crippen molar-refractivity contribution in [3.05, 3.63) is 0 Å². The molecule has 0 aliphatic heterocycles. The highest BCUT2D eigenvalue weighted by Crippen LogP contribution is 2.38. The molecule has 1 fully saturated rings. The van der Waals surface area contributed by atoms with Crippen LogP contribution in [-0.4, -0.2) is 12.3 Å². The SMILES string of the molecule is CC(C)CCC(=O)CC1(CN)CCCCC1. The Morgan fingerprint density at radius 2 is 1.88 bits per heavy atom. The highest BCUT2D eigenvalue weighted by Gasteiger charge is 2.32. The van der Waals surface area contributed by atoms with Crippen molar-refractivity contribution in [3.8, 4) is 0 Å². The number of carbonyl (C=O) groups excluding carboxylic acids is 1. The van der Waals surface area contributed by atoms with Crippen LogP contribution in [0.1, 0.15) is 65.2 Å². The molecule has 0 atom stereocenters. The highest BCUT2D eigenvalue weighted by atomic mass is 16.1. The maximum atomic E-state index is 11.9. The second kappa shape index (κ2) is 6.39. The molecule has 1 rings (SSSR count). The van der Waals surface area contributed by atoms with Gasteiger partial charge < -0.3 is 5.73 Å². The van der Waals surface area contributed by atoms with E-state index in [1.54, 1.807) is 0 Å². The van der Waals surface area contributed by atoms with Gasteiger partial charge in [0.2, 0.25) is 0 Å². The average Bonchev–Trinajstić information content (AvgIpc) is 2.28. The zero-order valence-corrected chi connectivity index (χ0v) is 10.9. The summed E-state index contributed by atoms with van der Waals surface area (Å²) in [5.74, 6) is 1.06. The normalized spacial score (nSPS) is 20.0. The summed E-state index contributed by atoms with van der Waals surface area (Å²) in [6.45, 7) is 5.04. The van der Waals surface area contributed by atoms with Gasteiger partial charge in [-0.2, -0.15) is 0 Å². The minimum Gasteiger partial charge on any atom is -0.330 e. The Bertz CT molecular complexity index is 217. The molecule has 1 aliphatic carbocycles. The summed E-state index contributed by atoms with van der Waals surface area (Å²) in [7, 11) is 0. The van der Waals surface area contributed by atoms with Gasteiger partial charge in [0.25, 0.3) is 0 Å². The molecule has 0 aromatic heterocycles. The molecule has 0 saturated heterocycles. The summed E-state index contributed by atoms with van der Waals surface area (Å²) in [4.78, 5) is 11.9. The topological polar surface area (TPSA) is 43.1 Å². The van der Waals surface area contributed by atoms with E-state index in [0.717, 1.165) is 32.1 Å². The largest absolute Gasteiger partial charge is 0.330 e. The second-order valence-corrected chi connectivity index (χ2v) is 5.91. The summed E-state index contributed by atoms with van der Waals surface area (Å²) >= 11 is 0. The molecule has 16 heavy (non-hydrogen) atoms. The van der Waals surface area contributed by atoms with E-state index in [4.69, 9.17) is 5.73 Å². The number of nitrogens with two attached hydrogens (primary N) is 1. The first-order valence-electron chi connectivity index (χ1n) is 6.80. The van der Waals surface area contributed by atoms with E-state index in [1.165, 1.54) is 19.3 Å². The molecule has 0 aromatic carbocycles. The van der Waals surface area contributed by atoms with Crippen molar-refractivity contribution < 1.29 is 4.79 Å². The Balaban J connectivity index is 2.39. The summed E-state index contributed by atoms with van der Waals surface area (Å²) in [6, 6.07) is 0. The van der Waals surface area contributed by atoms with E-state index < -0.39 is 0 Å². The molecule has 2 nitrogen and oxygen atoms in total. The Labute approximate surface area is 100.0 Å². The fourth-order valence-corrected chi connectivity index (χ4v) is 2.71. The molecular weight excluding hydrogens is 198 g/mol. The third-order valence-electron chi connectivity index (χ3n) is 3.92. The number of Topliss-reactive ketones (excluding diaryl/α,β-unsaturated/α-hetero) is 1. The van der Waals surface area contributed by atoms with Gasteiger partial charge in [0.1, 0.15) is 5.78 Å². The maximum Gasteiger partial charge on any atom is 0.133 e. The molecule has 1 aliphatic rings. The molecule has 0 radical (unpaired) electrons. The second-order valence-electron chi connectivity index (χ2n) is 5.91. The van der Waals surface area contributed by atoms with Crippen molar-refractivity contribution in [1.82, 2.24) is 0 Å². The van der Waals surface area contributed by atoms with Crippen LogP contribution < -0.4 is 5.73 Å². The lowest BCUT2D eigenvalue weighted by Crippen LogP contribution is -2.35. The fourth-order valence-electron chi connectivity index (χ4n) is 2.71. The van der Waals surface area contributed by atoms with Gasteiger partial charge >= 0.3 is 0 Å². The van der Waals surface area contributed by atoms with Crippen molar-refractivity contribution in [2.75, 3.05) is 6.54 Å². The van der Waals surface area contributed by atoms with E-state index in [0.29, 0.717) is 18.2 Å². The smallest absolute Gasteiger partial charge is 0.133 e. The van der Waals surface area contributed by atoms with Gasteiger partial charge in [0, 0.05) is 12.8 Å². The minimum atomic E-state index is 0.159. The van der Waals surface area contributed by atoms with Crippen LogP contribution in [0.3, 0.4) is 0 Å².